The van der Waals surface area contributed by atoms with Gasteiger partial charge in [-0.2, -0.15) is 4.31 Å². The van der Waals surface area contributed by atoms with E-state index in [2.05, 4.69) is 0 Å². The fourth-order valence-corrected chi connectivity index (χ4v) is 6.95. The summed E-state index contributed by atoms with van der Waals surface area (Å²) in [6.45, 7) is 2.98. The number of hydrogen-bond donors (Lipinski definition) is 0. The van der Waals surface area contributed by atoms with Gasteiger partial charge in [-0.25, -0.2) is 12.8 Å². The minimum atomic E-state index is -4.08. The van der Waals surface area contributed by atoms with E-state index in [0.717, 1.165) is 33.9 Å². The lowest BCUT2D eigenvalue weighted by Gasteiger charge is -2.28. The highest BCUT2D eigenvalue weighted by Crippen LogP contribution is 2.28. The Morgan fingerprint density at radius 2 is 1.82 bits per heavy atom. The summed E-state index contributed by atoms with van der Waals surface area (Å²) < 4.78 is 58.4. The molecule has 0 spiro atoms. The molecule has 0 N–H and O–H groups in total. The largest absolute Gasteiger partial charge is 0.493 e. The Labute approximate surface area is 239 Å². The Hall–Kier alpha value is -2.99. The molecular formula is C29H35FN2O6S2. The van der Waals surface area contributed by atoms with Crippen LogP contribution >= 0.6 is 11.3 Å². The summed E-state index contributed by atoms with van der Waals surface area (Å²) in [5.74, 6) is 0.354. The third-order valence-corrected chi connectivity index (χ3v) is 9.62. The van der Waals surface area contributed by atoms with Crippen LogP contribution in [-0.2, 0) is 32.5 Å². The first-order chi connectivity index (χ1) is 19.2. The van der Waals surface area contributed by atoms with Crippen molar-refractivity contribution < 1.29 is 31.8 Å². The number of carbonyl (C=O) groups is 1. The normalized spacial score (nSPS) is 15.4. The molecule has 8 nitrogen and oxygen atoms in total. The van der Waals surface area contributed by atoms with Crippen LogP contribution in [0.2, 0.25) is 0 Å². The lowest BCUT2D eigenvalue weighted by molar-refractivity contribution is -0.132. The second-order valence-corrected chi connectivity index (χ2v) is 13.0. The monoisotopic (exact) mass is 590 g/mol. The van der Waals surface area contributed by atoms with Crippen LogP contribution in [0.3, 0.4) is 0 Å². The molecule has 1 atom stereocenters. The fraction of sp³-hybridized carbons (Fsp3) is 0.414. The molecule has 1 fully saturated rings. The van der Waals surface area contributed by atoms with Gasteiger partial charge >= 0.3 is 0 Å². The van der Waals surface area contributed by atoms with Crippen molar-refractivity contribution >= 4 is 27.3 Å². The zero-order chi connectivity index (χ0) is 28.7. The van der Waals surface area contributed by atoms with Crippen LogP contribution in [0.25, 0.3) is 0 Å². The molecule has 2 heterocycles. The number of methoxy groups -OCH3 is 2. The first-order valence-electron chi connectivity index (χ1n) is 13.1. The minimum absolute atomic E-state index is 0.0487. The van der Waals surface area contributed by atoms with E-state index in [1.807, 2.05) is 37.3 Å². The van der Waals surface area contributed by atoms with Crippen LogP contribution in [0.1, 0.15) is 28.2 Å². The Bertz CT molecular complexity index is 1390. The van der Waals surface area contributed by atoms with Crippen LogP contribution in [-0.4, -0.2) is 70.1 Å². The van der Waals surface area contributed by atoms with Gasteiger partial charge in [-0.05, 0) is 80.3 Å². The second kappa shape index (κ2) is 13.6. The lowest BCUT2D eigenvalue weighted by Crippen LogP contribution is -2.45. The highest BCUT2D eigenvalue weighted by molar-refractivity contribution is 7.89. The summed E-state index contributed by atoms with van der Waals surface area (Å²) in [7, 11) is -0.932. The van der Waals surface area contributed by atoms with Gasteiger partial charge in [0.2, 0.25) is 15.9 Å². The standard InChI is InChI=1S/C29H35FN2O6S2/c1-21-6-10-25(39-21)19-31(15-14-22-7-13-27(36-2)28(17-22)37-3)29(33)20-32(18-24-5-4-16-38-24)40(34,35)26-11-8-23(30)9-12-26/h6-13,17,24H,4-5,14-16,18-20H2,1-3H3. The van der Waals surface area contributed by atoms with E-state index < -0.39 is 15.8 Å². The second-order valence-electron chi connectivity index (χ2n) is 9.65. The number of carbonyl (C=O) groups excluding carboxylic acids is 1. The van der Waals surface area contributed by atoms with Crippen molar-refractivity contribution in [3.63, 3.8) is 0 Å². The Morgan fingerprint density at radius 1 is 1.07 bits per heavy atom. The molecule has 1 unspecified atom stereocenters. The van der Waals surface area contributed by atoms with Gasteiger partial charge in [0.15, 0.2) is 11.5 Å². The van der Waals surface area contributed by atoms with Gasteiger partial charge in [-0.1, -0.05) is 6.07 Å². The number of halogens is 1. The number of hydrogen-bond acceptors (Lipinski definition) is 7. The summed E-state index contributed by atoms with van der Waals surface area (Å²) >= 11 is 1.60. The molecular weight excluding hydrogens is 555 g/mol. The van der Waals surface area contributed by atoms with E-state index in [0.29, 0.717) is 44.0 Å². The first kappa shape index (κ1) is 30.0. The maximum atomic E-state index is 13.8. The van der Waals surface area contributed by atoms with E-state index >= 15 is 0 Å². The van der Waals surface area contributed by atoms with Crippen LogP contribution < -0.4 is 9.47 Å². The van der Waals surface area contributed by atoms with Crippen molar-refractivity contribution in [2.45, 2.75) is 43.7 Å². The predicted molar refractivity (Wildman–Crippen MR) is 152 cm³/mol. The van der Waals surface area contributed by atoms with E-state index in [1.165, 1.54) is 16.4 Å². The molecule has 0 radical (unpaired) electrons. The van der Waals surface area contributed by atoms with Crippen molar-refractivity contribution in [2.24, 2.45) is 0 Å². The highest BCUT2D eigenvalue weighted by atomic mass is 32.2. The molecule has 1 aromatic heterocycles. The third-order valence-electron chi connectivity index (χ3n) is 6.81. The van der Waals surface area contributed by atoms with E-state index in [-0.39, 0.29) is 30.0 Å². The molecule has 1 aliphatic heterocycles. The van der Waals surface area contributed by atoms with Crippen molar-refractivity contribution in [1.82, 2.24) is 9.21 Å². The zero-order valence-corrected chi connectivity index (χ0v) is 24.6. The van der Waals surface area contributed by atoms with Gasteiger partial charge in [0.25, 0.3) is 0 Å². The number of sulfonamides is 1. The van der Waals surface area contributed by atoms with Gasteiger partial charge in [-0.15, -0.1) is 11.3 Å². The maximum Gasteiger partial charge on any atom is 0.243 e. The molecule has 0 aliphatic carbocycles. The number of thiophene rings is 1. The summed E-state index contributed by atoms with van der Waals surface area (Å²) in [5.41, 5.74) is 0.952. The van der Waals surface area contributed by atoms with Gasteiger partial charge < -0.3 is 19.1 Å². The molecule has 11 heteroatoms. The molecule has 4 rings (SSSR count). The number of benzene rings is 2. The molecule has 1 saturated heterocycles. The van der Waals surface area contributed by atoms with Crippen molar-refractivity contribution in [3.05, 3.63) is 75.7 Å². The van der Waals surface area contributed by atoms with Crippen LogP contribution in [0.5, 0.6) is 11.5 Å². The number of rotatable bonds is 13. The summed E-state index contributed by atoms with van der Waals surface area (Å²) in [6.07, 6.45) is 1.77. The zero-order valence-electron chi connectivity index (χ0n) is 23.0. The van der Waals surface area contributed by atoms with E-state index in [9.17, 15) is 17.6 Å². The quantitative estimate of drug-likeness (QED) is 0.288. The number of aryl methyl sites for hydroxylation is 1. The molecule has 3 aromatic rings. The van der Waals surface area contributed by atoms with Crippen LogP contribution in [0.15, 0.2) is 59.5 Å². The Kier molecular flexibility index (Phi) is 10.2. The van der Waals surface area contributed by atoms with Crippen molar-refractivity contribution in [1.29, 1.82) is 0 Å². The summed E-state index contributed by atoms with van der Waals surface area (Å²) in [5, 5.41) is 0. The molecule has 2 aromatic carbocycles. The SMILES string of the molecule is COc1ccc(CCN(Cc2ccc(C)s2)C(=O)CN(CC2CCCO2)S(=O)(=O)c2ccc(F)cc2)cc1OC. The fourth-order valence-electron chi connectivity index (χ4n) is 4.62. The molecule has 0 bridgehead atoms. The van der Waals surface area contributed by atoms with E-state index in [4.69, 9.17) is 14.2 Å². The number of nitrogens with zero attached hydrogens (tertiary/aromatic N) is 2. The van der Waals surface area contributed by atoms with Gasteiger partial charge in [0.05, 0.1) is 38.3 Å². The lowest BCUT2D eigenvalue weighted by atomic mass is 10.1. The molecule has 40 heavy (non-hydrogen) atoms. The molecule has 1 amide bonds. The van der Waals surface area contributed by atoms with Gasteiger partial charge in [0, 0.05) is 29.5 Å². The smallest absolute Gasteiger partial charge is 0.243 e. The van der Waals surface area contributed by atoms with E-state index in [1.54, 1.807) is 30.5 Å². The average Bonchev–Trinajstić information content (AvgIpc) is 3.62. The first-order valence-corrected chi connectivity index (χ1v) is 15.4. The minimum Gasteiger partial charge on any atom is -0.493 e. The highest BCUT2D eigenvalue weighted by Gasteiger charge is 2.32. The number of amides is 1. The Morgan fingerprint density at radius 3 is 2.45 bits per heavy atom. The Balaban J connectivity index is 1.57. The topological polar surface area (TPSA) is 85.4 Å². The molecule has 216 valence electrons. The van der Waals surface area contributed by atoms with Crippen LogP contribution in [0.4, 0.5) is 4.39 Å². The van der Waals surface area contributed by atoms with Crippen LogP contribution in [0, 0.1) is 12.7 Å². The molecule has 0 saturated carbocycles. The molecule has 1 aliphatic rings. The average molecular weight is 591 g/mol. The van der Waals surface area contributed by atoms with Gasteiger partial charge in [-0.3, -0.25) is 4.79 Å². The third kappa shape index (κ3) is 7.60. The number of ether oxygens (including phenoxy) is 3. The van der Waals surface area contributed by atoms with Gasteiger partial charge in [0.1, 0.15) is 5.82 Å². The predicted octanol–water partition coefficient (Wildman–Crippen LogP) is 4.65. The summed E-state index contributed by atoms with van der Waals surface area (Å²) in [6, 6.07) is 14.3. The van der Waals surface area contributed by atoms with Crippen molar-refractivity contribution in [2.75, 3.05) is 40.5 Å². The van der Waals surface area contributed by atoms with Crippen molar-refractivity contribution in [3.8, 4) is 11.5 Å². The maximum absolute atomic E-state index is 13.8. The summed E-state index contributed by atoms with van der Waals surface area (Å²) in [4.78, 5) is 17.5.